The first kappa shape index (κ1) is 10.3. The molecule has 0 saturated heterocycles. The lowest BCUT2D eigenvalue weighted by molar-refractivity contribution is 0.634. The molecule has 0 amide bonds. The summed E-state index contributed by atoms with van der Waals surface area (Å²) >= 11 is 6.07. The molecule has 2 nitrogen and oxygen atoms in total. The van der Waals surface area contributed by atoms with Crippen LogP contribution in [0.15, 0.2) is 12.3 Å². The van der Waals surface area contributed by atoms with E-state index in [1.54, 1.807) is 6.20 Å². The second-order valence-electron chi connectivity index (χ2n) is 4.13. The molecule has 0 fully saturated rings. The van der Waals surface area contributed by atoms with E-state index in [0.717, 1.165) is 11.4 Å². The highest BCUT2D eigenvalue weighted by Gasteiger charge is 2.12. The van der Waals surface area contributed by atoms with Gasteiger partial charge in [-0.25, -0.2) is 0 Å². The number of anilines is 1. The van der Waals surface area contributed by atoms with E-state index in [-0.39, 0.29) is 5.54 Å². The Bertz CT molecular complexity index is 302. The van der Waals surface area contributed by atoms with Crippen molar-refractivity contribution in [3.8, 4) is 0 Å². The SMILES string of the molecule is Cc1nccc(NC(C)(C)C)c1Cl. The van der Waals surface area contributed by atoms with Crippen LogP contribution in [0.2, 0.25) is 5.02 Å². The smallest absolute Gasteiger partial charge is 0.0849 e. The Labute approximate surface area is 84.3 Å². The molecule has 0 spiro atoms. The Morgan fingerprint density at radius 1 is 1.38 bits per heavy atom. The lowest BCUT2D eigenvalue weighted by Gasteiger charge is -2.23. The van der Waals surface area contributed by atoms with Gasteiger partial charge in [0.15, 0.2) is 0 Å². The molecule has 1 heterocycles. The topological polar surface area (TPSA) is 24.9 Å². The zero-order valence-corrected chi connectivity index (χ0v) is 9.24. The number of halogens is 1. The van der Waals surface area contributed by atoms with Gasteiger partial charge < -0.3 is 5.32 Å². The summed E-state index contributed by atoms with van der Waals surface area (Å²) in [5.74, 6) is 0. The third-order valence-electron chi connectivity index (χ3n) is 1.57. The van der Waals surface area contributed by atoms with E-state index in [2.05, 4.69) is 31.1 Å². The maximum atomic E-state index is 6.07. The number of rotatable bonds is 1. The molecule has 1 rings (SSSR count). The summed E-state index contributed by atoms with van der Waals surface area (Å²) in [7, 11) is 0. The van der Waals surface area contributed by atoms with Gasteiger partial charge in [-0.15, -0.1) is 0 Å². The van der Waals surface area contributed by atoms with E-state index >= 15 is 0 Å². The van der Waals surface area contributed by atoms with Crippen LogP contribution < -0.4 is 5.32 Å². The average Bonchev–Trinajstić information content (AvgIpc) is 1.96. The monoisotopic (exact) mass is 198 g/mol. The zero-order valence-electron chi connectivity index (χ0n) is 8.48. The van der Waals surface area contributed by atoms with Crippen molar-refractivity contribution in [1.29, 1.82) is 0 Å². The molecule has 13 heavy (non-hydrogen) atoms. The molecule has 0 aliphatic carbocycles. The molecule has 1 aromatic rings. The average molecular weight is 199 g/mol. The summed E-state index contributed by atoms with van der Waals surface area (Å²) in [6.07, 6.45) is 1.76. The molecule has 0 aromatic carbocycles. The maximum Gasteiger partial charge on any atom is 0.0849 e. The van der Waals surface area contributed by atoms with Crippen molar-refractivity contribution >= 4 is 17.3 Å². The fraction of sp³-hybridized carbons (Fsp3) is 0.500. The summed E-state index contributed by atoms with van der Waals surface area (Å²) in [5, 5.41) is 4.02. The van der Waals surface area contributed by atoms with Gasteiger partial charge in [-0.1, -0.05) is 11.6 Å². The zero-order chi connectivity index (χ0) is 10.1. The molecule has 0 bridgehead atoms. The van der Waals surface area contributed by atoms with Crippen LogP contribution in [0.4, 0.5) is 5.69 Å². The fourth-order valence-corrected chi connectivity index (χ4v) is 1.21. The van der Waals surface area contributed by atoms with Gasteiger partial charge in [0.2, 0.25) is 0 Å². The minimum Gasteiger partial charge on any atom is -0.379 e. The van der Waals surface area contributed by atoms with Crippen molar-refractivity contribution in [3.63, 3.8) is 0 Å². The highest BCUT2D eigenvalue weighted by atomic mass is 35.5. The van der Waals surface area contributed by atoms with Crippen LogP contribution in [0, 0.1) is 6.92 Å². The van der Waals surface area contributed by atoms with E-state index in [1.165, 1.54) is 0 Å². The van der Waals surface area contributed by atoms with Crippen LogP contribution >= 0.6 is 11.6 Å². The van der Waals surface area contributed by atoms with Gasteiger partial charge in [-0.2, -0.15) is 0 Å². The van der Waals surface area contributed by atoms with Crippen LogP contribution in [0.3, 0.4) is 0 Å². The largest absolute Gasteiger partial charge is 0.379 e. The van der Waals surface area contributed by atoms with Gasteiger partial charge in [0, 0.05) is 11.7 Å². The number of nitrogens with one attached hydrogen (secondary N) is 1. The summed E-state index contributed by atoms with van der Waals surface area (Å²) < 4.78 is 0. The standard InChI is InChI=1S/C10H15ClN2/c1-7-9(11)8(5-6-12-7)13-10(2,3)4/h5-6H,1-4H3,(H,12,13). The molecule has 0 aliphatic heterocycles. The molecule has 0 saturated carbocycles. The Balaban J connectivity index is 2.96. The maximum absolute atomic E-state index is 6.07. The van der Waals surface area contributed by atoms with Crippen molar-refractivity contribution in [2.24, 2.45) is 0 Å². The molecule has 0 aliphatic rings. The number of aryl methyl sites for hydroxylation is 1. The van der Waals surface area contributed by atoms with Crippen LogP contribution in [-0.4, -0.2) is 10.5 Å². The molecule has 3 heteroatoms. The first-order chi connectivity index (χ1) is 5.90. The first-order valence-electron chi connectivity index (χ1n) is 4.29. The van der Waals surface area contributed by atoms with E-state index < -0.39 is 0 Å². The minimum atomic E-state index is 0.0252. The van der Waals surface area contributed by atoms with Crippen molar-refractivity contribution in [1.82, 2.24) is 4.98 Å². The number of hydrogen-bond donors (Lipinski definition) is 1. The van der Waals surface area contributed by atoms with Gasteiger partial charge in [0.05, 0.1) is 16.4 Å². The molecular formula is C10H15ClN2. The van der Waals surface area contributed by atoms with E-state index in [4.69, 9.17) is 11.6 Å². The summed E-state index contributed by atoms with van der Waals surface area (Å²) in [5.41, 5.74) is 1.83. The second-order valence-corrected chi connectivity index (χ2v) is 4.51. The highest BCUT2D eigenvalue weighted by molar-refractivity contribution is 6.33. The summed E-state index contributed by atoms with van der Waals surface area (Å²) in [6, 6.07) is 1.89. The van der Waals surface area contributed by atoms with Gasteiger partial charge in [0.25, 0.3) is 0 Å². The normalized spacial score (nSPS) is 11.5. The summed E-state index contributed by atoms with van der Waals surface area (Å²) in [6.45, 7) is 8.19. The Kier molecular flexibility index (Phi) is 2.81. The first-order valence-corrected chi connectivity index (χ1v) is 4.67. The van der Waals surface area contributed by atoms with Crippen molar-refractivity contribution in [2.45, 2.75) is 33.2 Å². The van der Waals surface area contributed by atoms with E-state index in [0.29, 0.717) is 5.02 Å². The Morgan fingerprint density at radius 2 is 2.00 bits per heavy atom. The van der Waals surface area contributed by atoms with Crippen LogP contribution in [-0.2, 0) is 0 Å². The lowest BCUT2D eigenvalue weighted by atomic mass is 10.1. The van der Waals surface area contributed by atoms with Crippen molar-refractivity contribution < 1.29 is 0 Å². The molecule has 72 valence electrons. The van der Waals surface area contributed by atoms with E-state index in [9.17, 15) is 0 Å². The number of nitrogens with zero attached hydrogens (tertiary/aromatic N) is 1. The number of hydrogen-bond acceptors (Lipinski definition) is 2. The number of aromatic nitrogens is 1. The third kappa shape index (κ3) is 2.88. The predicted octanol–water partition coefficient (Wildman–Crippen LogP) is 3.25. The molecule has 0 unspecified atom stereocenters. The minimum absolute atomic E-state index is 0.0252. The molecular weight excluding hydrogens is 184 g/mol. The second kappa shape index (κ2) is 3.54. The molecule has 0 radical (unpaired) electrons. The quantitative estimate of drug-likeness (QED) is 0.750. The van der Waals surface area contributed by atoms with Gasteiger partial charge in [-0.05, 0) is 33.8 Å². The molecule has 1 N–H and O–H groups in total. The van der Waals surface area contributed by atoms with Gasteiger partial charge in [-0.3, -0.25) is 4.98 Å². The van der Waals surface area contributed by atoms with Crippen LogP contribution in [0.1, 0.15) is 26.5 Å². The lowest BCUT2D eigenvalue weighted by Crippen LogP contribution is -2.26. The van der Waals surface area contributed by atoms with Crippen molar-refractivity contribution in [3.05, 3.63) is 23.0 Å². The Morgan fingerprint density at radius 3 is 2.54 bits per heavy atom. The number of pyridine rings is 1. The van der Waals surface area contributed by atoms with E-state index in [1.807, 2.05) is 13.0 Å². The molecule has 0 atom stereocenters. The fourth-order valence-electron chi connectivity index (χ4n) is 1.05. The third-order valence-corrected chi connectivity index (χ3v) is 2.05. The summed E-state index contributed by atoms with van der Waals surface area (Å²) in [4.78, 5) is 4.10. The highest BCUT2D eigenvalue weighted by Crippen LogP contribution is 2.25. The van der Waals surface area contributed by atoms with Crippen LogP contribution in [0.5, 0.6) is 0 Å². The predicted molar refractivity (Wildman–Crippen MR) is 57.4 cm³/mol. The molecule has 1 aromatic heterocycles. The van der Waals surface area contributed by atoms with Crippen LogP contribution in [0.25, 0.3) is 0 Å². The van der Waals surface area contributed by atoms with Crippen molar-refractivity contribution in [2.75, 3.05) is 5.32 Å². The Hall–Kier alpha value is -0.760. The van der Waals surface area contributed by atoms with Gasteiger partial charge >= 0.3 is 0 Å². The van der Waals surface area contributed by atoms with Gasteiger partial charge in [0.1, 0.15) is 0 Å².